The van der Waals surface area contributed by atoms with Crippen LogP contribution in [0.25, 0.3) is 0 Å². The summed E-state index contributed by atoms with van der Waals surface area (Å²) < 4.78 is 17.2. The van der Waals surface area contributed by atoms with Crippen LogP contribution in [0, 0.1) is 0 Å². The third-order valence-electron chi connectivity index (χ3n) is 4.44. The van der Waals surface area contributed by atoms with E-state index < -0.39 is 34.8 Å². The Bertz CT molecular complexity index is 716. The normalized spacial score (nSPS) is 16.8. The maximum absolute atomic E-state index is 12.4. The van der Waals surface area contributed by atoms with Gasteiger partial charge in [-0.1, -0.05) is 38.3 Å². The van der Waals surface area contributed by atoms with Gasteiger partial charge >= 0.3 is 12.0 Å². The molecule has 0 bridgehead atoms. The number of rotatable bonds is 6. The van der Waals surface area contributed by atoms with Crippen molar-refractivity contribution in [2.75, 3.05) is 5.75 Å². The van der Waals surface area contributed by atoms with Gasteiger partial charge in [0.05, 0.1) is 21.3 Å². The molecule has 1 aromatic rings. The summed E-state index contributed by atoms with van der Waals surface area (Å²) in [5.74, 6) is -1.09. The molecule has 1 aromatic carbocycles. The number of hydrogen-bond donors (Lipinski definition) is 2. The highest BCUT2D eigenvalue weighted by molar-refractivity contribution is 7.85. The highest BCUT2D eigenvalue weighted by Gasteiger charge is 2.24. The van der Waals surface area contributed by atoms with Crippen molar-refractivity contribution in [2.24, 2.45) is 0 Å². The molecule has 2 N–H and O–H groups in total. The molecule has 2 atom stereocenters. The first-order chi connectivity index (χ1) is 12.9. The van der Waals surface area contributed by atoms with Crippen molar-refractivity contribution in [2.45, 2.75) is 63.0 Å². The first kappa shape index (κ1) is 21.1. The fraction of sp³-hybridized carbons (Fsp3) is 0.526. The number of carbonyl (C=O) groups is 3. The van der Waals surface area contributed by atoms with Crippen LogP contribution in [-0.4, -0.2) is 40.0 Å². The van der Waals surface area contributed by atoms with Gasteiger partial charge in [-0.15, -0.1) is 0 Å². The molecule has 0 heterocycles. The second-order valence-corrected chi connectivity index (χ2v) is 8.18. The summed E-state index contributed by atoms with van der Waals surface area (Å²) in [6, 6.07) is 5.91. The van der Waals surface area contributed by atoms with Crippen molar-refractivity contribution in [3.63, 3.8) is 0 Å². The first-order valence-electron chi connectivity index (χ1n) is 9.22. The molecule has 1 saturated carbocycles. The third-order valence-corrected chi connectivity index (χ3v) is 5.82. The molecule has 2 rings (SSSR count). The first-order valence-corrected chi connectivity index (χ1v) is 10.5. The standard InChI is InChI=1S/C19H26N2O5S/c1-3-27(25)16-12-8-7-11-15(16)18(23)26-13(2)17(22)21-19(24)20-14-9-5-4-6-10-14/h7-8,11-14H,3-6,9-10H2,1-2H3,(H2,20,21,22,24)/t13-,27+/m0/s1. The predicted octanol–water partition coefficient (Wildman–Crippen LogP) is 2.52. The third kappa shape index (κ3) is 6.16. The fourth-order valence-corrected chi connectivity index (χ4v) is 3.89. The van der Waals surface area contributed by atoms with E-state index in [1.807, 2.05) is 0 Å². The Kier molecular flexibility index (Phi) is 7.97. The van der Waals surface area contributed by atoms with Crippen molar-refractivity contribution in [1.29, 1.82) is 0 Å². The number of imide groups is 1. The van der Waals surface area contributed by atoms with Gasteiger partial charge < -0.3 is 10.1 Å². The van der Waals surface area contributed by atoms with Gasteiger partial charge in [0.1, 0.15) is 0 Å². The zero-order chi connectivity index (χ0) is 19.8. The Morgan fingerprint density at radius 2 is 1.85 bits per heavy atom. The van der Waals surface area contributed by atoms with Crippen LogP contribution in [0.15, 0.2) is 29.2 Å². The van der Waals surface area contributed by atoms with Crippen LogP contribution in [0.1, 0.15) is 56.3 Å². The molecule has 0 spiro atoms. The highest BCUT2D eigenvalue weighted by atomic mass is 32.2. The van der Waals surface area contributed by atoms with Gasteiger partial charge in [-0.2, -0.15) is 0 Å². The number of urea groups is 1. The number of benzene rings is 1. The maximum Gasteiger partial charge on any atom is 0.340 e. The molecular formula is C19H26N2O5S. The Morgan fingerprint density at radius 3 is 2.52 bits per heavy atom. The van der Waals surface area contributed by atoms with E-state index in [0.29, 0.717) is 10.6 Å². The van der Waals surface area contributed by atoms with Gasteiger partial charge in [0.15, 0.2) is 6.10 Å². The second-order valence-electron chi connectivity index (χ2n) is 6.48. The summed E-state index contributed by atoms with van der Waals surface area (Å²) in [6.07, 6.45) is 3.93. The van der Waals surface area contributed by atoms with Crippen LogP contribution in [0.2, 0.25) is 0 Å². The zero-order valence-corrected chi connectivity index (χ0v) is 16.5. The molecule has 148 valence electrons. The van der Waals surface area contributed by atoms with E-state index >= 15 is 0 Å². The molecule has 0 unspecified atom stereocenters. The summed E-state index contributed by atoms with van der Waals surface area (Å²) in [7, 11) is -1.33. The summed E-state index contributed by atoms with van der Waals surface area (Å²) in [5, 5.41) is 4.98. The SMILES string of the molecule is CC[S@@](=O)c1ccccc1C(=O)O[C@@H](C)C(=O)NC(=O)NC1CCCCC1. The van der Waals surface area contributed by atoms with E-state index in [9.17, 15) is 18.6 Å². The molecular weight excluding hydrogens is 368 g/mol. The lowest BCUT2D eigenvalue weighted by Crippen LogP contribution is -2.48. The monoisotopic (exact) mass is 394 g/mol. The molecule has 1 aliphatic carbocycles. The summed E-state index contributed by atoms with van der Waals surface area (Å²) >= 11 is 0. The van der Waals surface area contributed by atoms with Gasteiger partial charge in [0, 0.05) is 11.8 Å². The maximum atomic E-state index is 12.4. The van der Waals surface area contributed by atoms with E-state index in [4.69, 9.17) is 4.74 Å². The van der Waals surface area contributed by atoms with Gasteiger partial charge in [-0.3, -0.25) is 14.3 Å². The van der Waals surface area contributed by atoms with Gasteiger partial charge in [-0.05, 0) is 31.9 Å². The van der Waals surface area contributed by atoms with Crippen LogP contribution in [-0.2, 0) is 20.3 Å². The van der Waals surface area contributed by atoms with E-state index in [0.717, 1.165) is 32.1 Å². The van der Waals surface area contributed by atoms with Crippen molar-refractivity contribution in [3.8, 4) is 0 Å². The highest BCUT2D eigenvalue weighted by Crippen LogP contribution is 2.17. The summed E-state index contributed by atoms with van der Waals surface area (Å²) in [4.78, 5) is 36.8. The van der Waals surface area contributed by atoms with Crippen molar-refractivity contribution in [1.82, 2.24) is 10.6 Å². The number of amides is 3. The minimum absolute atomic E-state index is 0.0697. The lowest BCUT2D eigenvalue weighted by atomic mass is 9.96. The van der Waals surface area contributed by atoms with Crippen LogP contribution >= 0.6 is 0 Å². The Hall–Kier alpha value is -2.22. The fourth-order valence-electron chi connectivity index (χ4n) is 2.95. The topological polar surface area (TPSA) is 102 Å². The predicted molar refractivity (Wildman–Crippen MR) is 102 cm³/mol. The van der Waals surface area contributed by atoms with Crippen LogP contribution in [0.5, 0.6) is 0 Å². The second kappa shape index (κ2) is 10.2. The molecule has 7 nitrogen and oxygen atoms in total. The average molecular weight is 394 g/mol. The zero-order valence-electron chi connectivity index (χ0n) is 15.7. The largest absolute Gasteiger partial charge is 0.449 e. The number of carbonyl (C=O) groups excluding carboxylic acids is 3. The van der Waals surface area contributed by atoms with Gasteiger partial charge in [0.25, 0.3) is 5.91 Å². The summed E-state index contributed by atoms with van der Waals surface area (Å²) in [5.41, 5.74) is 0.156. The molecule has 0 saturated heterocycles. The molecule has 1 aliphatic rings. The number of nitrogens with one attached hydrogen (secondary N) is 2. The minimum Gasteiger partial charge on any atom is -0.449 e. The lowest BCUT2D eigenvalue weighted by Gasteiger charge is -2.23. The average Bonchev–Trinajstić information content (AvgIpc) is 2.67. The molecule has 0 aromatic heterocycles. The van der Waals surface area contributed by atoms with Gasteiger partial charge in [-0.25, -0.2) is 9.59 Å². The molecule has 0 radical (unpaired) electrons. The molecule has 3 amide bonds. The lowest BCUT2D eigenvalue weighted by molar-refractivity contribution is -0.127. The number of ether oxygens (including phenoxy) is 1. The molecule has 0 aliphatic heterocycles. The minimum atomic E-state index is -1.33. The van der Waals surface area contributed by atoms with Crippen molar-refractivity contribution in [3.05, 3.63) is 29.8 Å². The Balaban J connectivity index is 1.91. The molecule has 27 heavy (non-hydrogen) atoms. The van der Waals surface area contributed by atoms with Crippen molar-refractivity contribution >= 4 is 28.7 Å². The van der Waals surface area contributed by atoms with Crippen LogP contribution < -0.4 is 10.6 Å². The van der Waals surface area contributed by atoms with E-state index in [1.165, 1.54) is 13.0 Å². The summed E-state index contributed by atoms with van der Waals surface area (Å²) in [6.45, 7) is 3.14. The molecule has 8 heteroatoms. The number of hydrogen-bond acceptors (Lipinski definition) is 5. The van der Waals surface area contributed by atoms with E-state index in [2.05, 4.69) is 10.6 Å². The Labute approximate surface area is 161 Å². The van der Waals surface area contributed by atoms with E-state index in [1.54, 1.807) is 25.1 Å². The van der Waals surface area contributed by atoms with Crippen molar-refractivity contribution < 1.29 is 23.3 Å². The van der Waals surface area contributed by atoms with Gasteiger partial charge in [0.2, 0.25) is 0 Å². The quantitative estimate of drug-likeness (QED) is 0.722. The van der Waals surface area contributed by atoms with E-state index in [-0.39, 0.29) is 11.6 Å². The van der Waals surface area contributed by atoms with Crippen LogP contribution in [0.4, 0.5) is 4.79 Å². The smallest absolute Gasteiger partial charge is 0.340 e. The van der Waals surface area contributed by atoms with Crippen LogP contribution in [0.3, 0.4) is 0 Å². The molecule has 1 fully saturated rings. The Morgan fingerprint density at radius 1 is 1.19 bits per heavy atom. The number of esters is 1.